The Balaban J connectivity index is 1.30. The molecule has 5 N–H and O–H groups in total. The molecule has 5 aromatic rings. The molecule has 1 aromatic carbocycles. The Hall–Kier alpha value is -4.57. The molecule has 4 heterocycles. The number of aromatic amines is 1. The Bertz CT molecular complexity index is 1920. The largest absolute Gasteiger partial charge is 0.382 e. The third-order valence-corrected chi connectivity index (χ3v) is 7.82. The van der Waals surface area contributed by atoms with E-state index in [0.29, 0.717) is 34.7 Å². The number of H-pyrrole nitrogens is 1. The number of nitrogen functional groups attached to an aromatic ring is 1. The van der Waals surface area contributed by atoms with Gasteiger partial charge in [0.15, 0.2) is 22.6 Å². The molecule has 0 saturated carbocycles. The summed E-state index contributed by atoms with van der Waals surface area (Å²) < 4.78 is 32.5. The number of anilines is 3. The number of nitrogens with zero attached hydrogens (tertiary/aromatic N) is 7. The minimum Gasteiger partial charge on any atom is -0.382 e. The molecular weight excluding hydrogens is 526 g/mol. The molecule has 0 radical (unpaired) electrons. The third-order valence-electron chi connectivity index (χ3n) is 6.34. The van der Waals surface area contributed by atoms with Crippen LogP contribution < -0.4 is 27.0 Å². The van der Waals surface area contributed by atoms with E-state index >= 15 is 0 Å². The van der Waals surface area contributed by atoms with Crippen LogP contribution in [0.5, 0.6) is 0 Å². The molecule has 0 aliphatic heterocycles. The van der Waals surface area contributed by atoms with Crippen LogP contribution in [0.1, 0.15) is 19.7 Å². The van der Waals surface area contributed by atoms with Gasteiger partial charge in [0.2, 0.25) is 16.0 Å². The first kappa shape index (κ1) is 26.1. The number of benzene rings is 1. The predicted octanol–water partition coefficient (Wildman–Crippen LogP) is 0.450. The van der Waals surface area contributed by atoms with Crippen molar-refractivity contribution in [2.75, 3.05) is 17.6 Å². The van der Waals surface area contributed by atoms with Crippen molar-refractivity contribution in [2.24, 2.45) is 7.05 Å². The molecule has 0 amide bonds. The molecule has 39 heavy (non-hydrogen) atoms. The van der Waals surface area contributed by atoms with E-state index in [4.69, 9.17) is 5.73 Å². The van der Waals surface area contributed by atoms with Crippen molar-refractivity contribution in [1.29, 1.82) is 0 Å². The fourth-order valence-corrected chi connectivity index (χ4v) is 5.37. The number of fused-ring (bicyclic) bond motifs is 2. The number of hydrogen-bond acceptors (Lipinski definition) is 10. The van der Waals surface area contributed by atoms with Gasteiger partial charge in [-0.05, 0) is 38.1 Å². The van der Waals surface area contributed by atoms with E-state index in [0.717, 1.165) is 4.57 Å². The van der Waals surface area contributed by atoms with Crippen molar-refractivity contribution in [1.82, 2.24) is 43.3 Å². The van der Waals surface area contributed by atoms with E-state index < -0.39 is 21.3 Å². The number of imidazole rings is 2. The number of nitrogens with two attached hydrogens (primary N) is 1. The first-order chi connectivity index (χ1) is 18.6. The Morgan fingerprint density at radius 1 is 1.03 bits per heavy atom. The molecule has 0 unspecified atom stereocenters. The summed E-state index contributed by atoms with van der Waals surface area (Å²) in [6.45, 7) is 4.15. The topological polar surface area (TPSA) is 200 Å². The van der Waals surface area contributed by atoms with E-state index in [1.807, 2.05) is 0 Å². The number of rotatable bonds is 9. The summed E-state index contributed by atoms with van der Waals surface area (Å²) >= 11 is 0. The van der Waals surface area contributed by atoms with Crippen LogP contribution in [0.2, 0.25) is 0 Å². The van der Waals surface area contributed by atoms with Gasteiger partial charge in [-0.2, -0.15) is 9.97 Å². The molecule has 15 nitrogen and oxygen atoms in total. The second kappa shape index (κ2) is 9.95. The summed E-state index contributed by atoms with van der Waals surface area (Å²) in [6.07, 6.45) is 1.68. The number of sulfonamides is 1. The van der Waals surface area contributed by atoms with E-state index in [2.05, 4.69) is 35.0 Å². The lowest BCUT2D eigenvalue weighted by Crippen LogP contribution is -2.39. The zero-order valence-electron chi connectivity index (χ0n) is 21.5. The molecule has 0 spiro atoms. The van der Waals surface area contributed by atoms with E-state index in [1.165, 1.54) is 23.0 Å². The van der Waals surface area contributed by atoms with Crippen molar-refractivity contribution < 1.29 is 8.42 Å². The van der Waals surface area contributed by atoms with Gasteiger partial charge in [-0.15, -0.1) is 0 Å². The van der Waals surface area contributed by atoms with Crippen molar-refractivity contribution in [2.45, 2.75) is 38.3 Å². The second-order valence-electron chi connectivity index (χ2n) is 8.67. The first-order valence-corrected chi connectivity index (χ1v) is 13.6. The maximum absolute atomic E-state index is 12.9. The van der Waals surface area contributed by atoms with Crippen molar-refractivity contribution >= 4 is 49.8 Å². The van der Waals surface area contributed by atoms with E-state index in [9.17, 15) is 18.0 Å². The summed E-state index contributed by atoms with van der Waals surface area (Å²) in [6, 6.07) is 6.06. The quantitative estimate of drug-likeness (QED) is 0.199. The average Bonchev–Trinajstić information content (AvgIpc) is 3.50. The average molecular weight is 554 g/mol. The van der Waals surface area contributed by atoms with Crippen LogP contribution in [0.4, 0.5) is 17.5 Å². The molecule has 0 atom stereocenters. The summed E-state index contributed by atoms with van der Waals surface area (Å²) in [7, 11) is -2.15. The highest BCUT2D eigenvalue weighted by Gasteiger charge is 2.20. The molecule has 204 valence electrons. The molecule has 4 aromatic heterocycles. The maximum Gasteiger partial charge on any atom is 0.332 e. The lowest BCUT2D eigenvalue weighted by Gasteiger charge is -2.09. The monoisotopic (exact) mass is 553 g/mol. The number of aromatic nitrogens is 8. The smallest absolute Gasteiger partial charge is 0.332 e. The SMILES string of the molecule is CCn1c(=O)c2c(nc(CCNS(=O)(=O)c3ccc(Nc4nc(N)c5[nH]cnc5n4)cc3)n2C)n(CC)c1=O. The normalized spacial score (nSPS) is 12.0. The van der Waals surface area contributed by atoms with Crippen LogP contribution in [0.25, 0.3) is 22.3 Å². The summed E-state index contributed by atoms with van der Waals surface area (Å²) in [5.74, 6) is 0.938. The highest BCUT2D eigenvalue weighted by Crippen LogP contribution is 2.20. The van der Waals surface area contributed by atoms with Crippen LogP contribution in [0, 0.1) is 0 Å². The van der Waals surface area contributed by atoms with Crippen LogP contribution in [0.3, 0.4) is 0 Å². The summed E-state index contributed by atoms with van der Waals surface area (Å²) in [4.78, 5) is 45.4. The Labute approximate surface area is 221 Å². The zero-order valence-corrected chi connectivity index (χ0v) is 22.3. The molecule has 0 aliphatic carbocycles. The minimum absolute atomic E-state index is 0.0363. The van der Waals surface area contributed by atoms with E-state index in [-0.39, 0.29) is 41.8 Å². The Morgan fingerprint density at radius 2 is 1.74 bits per heavy atom. The second-order valence-corrected chi connectivity index (χ2v) is 10.4. The molecular formula is C23H27N11O4S. The van der Waals surface area contributed by atoms with Gasteiger partial charge >= 0.3 is 5.69 Å². The van der Waals surface area contributed by atoms with Crippen LogP contribution in [-0.4, -0.2) is 53.6 Å². The standard InChI is InChI=1S/C23H27N11O4S/c1-4-33-20-17(21(35)34(5-2)23(33)36)32(3)15(29-20)10-11-27-39(37,38)14-8-6-13(7-9-14)28-22-30-18(24)16-19(31-22)26-12-25-16/h6-9,12,27H,4-5,10-11H2,1-3H3,(H4,24,25,26,28,30,31). The van der Waals surface area contributed by atoms with Gasteiger partial charge in [-0.1, -0.05) is 0 Å². The van der Waals surface area contributed by atoms with Gasteiger partial charge in [-0.3, -0.25) is 13.9 Å². The third kappa shape index (κ3) is 4.63. The lowest BCUT2D eigenvalue weighted by molar-refractivity contribution is 0.580. The van der Waals surface area contributed by atoms with Crippen LogP contribution >= 0.6 is 0 Å². The van der Waals surface area contributed by atoms with Gasteiger partial charge < -0.3 is 20.6 Å². The maximum atomic E-state index is 12.9. The lowest BCUT2D eigenvalue weighted by atomic mass is 10.3. The van der Waals surface area contributed by atoms with Crippen molar-refractivity contribution in [3.63, 3.8) is 0 Å². The highest BCUT2D eigenvalue weighted by atomic mass is 32.2. The van der Waals surface area contributed by atoms with Gasteiger partial charge in [0, 0.05) is 38.8 Å². The predicted molar refractivity (Wildman–Crippen MR) is 145 cm³/mol. The van der Waals surface area contributed by atoms with E-state index in [1.54, 1.807) is 37.6 Å². The van der Waals surface area contributed by atoms with Crippen molar-refractivity contribution in [3.05, 3.63) is 57.3 Å². The van der Waals surface area contributed by atoms with Crippen molar-refractivity contribution in [3.8, 4) is 0 Å². The fourth-order valence-electron chi connectivity index (χ4n) is 4.33. The Morgan fingerprint density at radius 3 is 2.44 bits per heavy atom. The molecule has 5 rings (SSSR count). The number of aryl methyl sites for hydroxylation is 2. The minimum atomic E-state index is -3.83. The molecule has 0 fully saturated rings. The number of hydrogen-bond donors (Lipinski definition) is 4. The van der Waals surface area contributed by atoms with Gasteiger partial charge in [0.05, 0.1) is 11.2 Å². The van der Waals surface area contributed by atoms with Crippen LogP contribution in [-0.2, 0) is 36.6 Å². The summed E-state index contributed by atoms with van der Waals surface area (Å²) in [5, 5.41) is 2.98. The highest BCUT2D eigenvalue weighted by molar-refractivity contribution is 7.89. The molecule has 0 saturated heterocycles. The zero-order chi connectivity index (χ0) is 27.9. The number of nitrogens with one attached hydrogen (secondary N) is 3. The van der Waals surface area contributed by atoms with Gasteiger partial charge in [0.1, 0.15) is 11.3 Å². The molecule has 0 bridgehead atoms. The van der Waals surface area contributed by atoms with Crippen LogP contribution in [0.15, 0.2) is 45.1 Å². The Kier molecular flexibility index (Phi) is 6.65. The molecule has 0 aliphatic rings. The van der Waals surface area contributed by atoms with Gasteiger partial charge in [0.25, 0.3) is 5.56 Å². The summed E-state index contributed by atoms with van der Waals surface area (Å²) in [5.41, 5.74) is 7.16. The fraction of sp³-hybridized carbons (Fsp3) is 0.304. The van der Waals surface area contributed by atoms with Gasteiger partial charge in [-0.25, -0.2) is 27.9 Å². The molecule has 16 heteroatoms. The first-order valence-electron chi connectivity index (χ1n) is 12.2.